The Labute approximate surface area is 190 Å². The highest BCUT2D eigenvalue weighted by Crippen LogP contribution is 2.29. The van der Waals surface area contributed by atoms with Crippen LogP contribution in [0.15, 0.2) is 29.2 Å². The zero-order chi connectivity index (χ0) is 22.9. The first-order chi connectivity index (χ1) is 15.3. The summed E-state index contributed by atoms with van der Waals surface area (Å²) in [5.74, 6) is 2.38. The lowest BCUT2D eigenvalue weighted by atomic mass is 10.1. The van der Waals surface area contributed by atoms with Crippen molar-refractivity contribution in [3.8, 4) is 5.75 Å². The van der Waals surface area contributed by atoms with Gasteiger partial charge in [-0.1, -0.05) is 0 Å². The summed E-state index contributed by atoms with van der Waals surface area (Å²) in [5, 5.41) is 8.85. The molecule has 2 saturated heterocycles. The first-order valence-corrected chi connectivity index (χ1v) is 12.4. The Morgan fingerprint density at radius 2 is 1.31 bits per heavy atom. The van der Waals surface area contributed by atoms with E-state index in [-0.39, 0.29) is 0 Å². The summed E-state index contributed by atoms with van der Waals surface area (Å²) in [6, 6.07) is 7.37. The predicted molar refractivity (Wildman–Crippen MR) is 125 cm³/mol. The van der Waals surface area contributed by atoms with Crippen molar-refractivity contribution in [2.75, 3.05) is 76.3 Å². The van der Waals surface area contributed by atoms with E-state index in [2.05, 4.69) is 31.9 Å². The summed E-state index contributed by atoms with van der Waals surface area (Å²) < 4.78 is 33.4. The van der Waals surface area contributed by atoms with Gasteiger partial charge in [0.25, 0.3) is 0 Å². The van der Waals surface area contributed by atoms with Crippen LogP contribution in [-0.2, 0) is 10.0 Å². The van der Waals surface area contributed by atoms with Crippen molar-refractivity contribution in [1.29, 1.82) is 0 Å². The highest BCUT2D eigenvalue weighted by molar-refractivity contribution is 7.89. The van der Waals surface area contributed by atoms with E-state index in [1.54, 1.807) is 23.5 Å². The number of anilines is 2. The van der Waals surface area contributed by atoms with E-state index in [9.17, 15) is 8.42 Å². The first kappa shape index (κ1) is 22.8. The number of nitrogens with zero attached hydrogens (tertiary/aromatic N) is 6. The number of ether oxygens (including phenoxy) is 1. The Morgan fingerprint density at radius 3 is 1.81 bits per heavy atom. The molecule has 1 aromatic heterocycles. The molecule has 2 aliphatic rings. The Balaban J connectivity index is 1.41. The quantitative estimate of drug-likeness (QED) is 0.662. The van der Waals surface area contributed by atoms with Gasteiger partial charge in [0.15, 0.2) is 11.6 Å². The maximum absolute atomic E-state index is 13.3. The minimum Gasteiger partial charge on any atom is -0.496 e. The van der Waals surface area contributed by atoms with Gasteiger partial charge in [0.2, 0.25) is 10.0 Å². The molecule has 3 heterocycles. The van der Waals surface area contributed by atoms with Crippen LogP contribution in [0.1, 0.15) is 11.1 Å². The van der Waals surface area contributed by atoms with E-state index in [4.69, 9.17) is 4.74 Å². The molecule has 2 aliphatic heterocycles. The fraction of sp³-hybridized carbons (Fsp3) is 0.545. The molecule has 0 amide bonds. The van der Waals surface area contributed by atoms with Gasteiger partial charge in [-0.15, -0.1) is 10.2 Å². The third kappa shape index (κ3) is 4.39. The van der Waals surface area contributed by atoms with E-state index in [0.717, 1.165) is 48.9 Å². The van der Waals surface area contributed by atoms with Gasteiger partial charge in [0, 0.05) is 52.4 Å². The SMILES string of the molecule is COc1ccc(S(=O)(=O)N2CCN(c3ccc(N4CCN(C)CC4)nn3)CC2)c(C)c1C. The molecular formula is C22H32N6O3S. The van der Waals surface area contributed by atoms with Crippen LogP contribution in [0.5, 0.6) is 5.75 Å². The van der Waals surface area contributed by atoms with E-state index < -0.39 is 10.0 Å². The molecule has 10 heteroatoms. The lowest BCUT2D eigenvalue weighted by Gasteiger charge is -2.35. The van der Waals surface area contributed by atoms with Gasteiger partial charge >= 0.3 is 0 Å². The molecule has 2 aromatic rings. The highest BCUT2D eigenvalue weighted by Gasteiger charge is 2.31. The maximum atomic E-state index is 13.3. The molecule has 174 valence electrons. The van der Waals surface area contributed by atoms with Crippen LogP contribution in [-0.4, -0.2) is 94.3 Å². The second-order valence-corrected chi connectivity index (χ2v) is 10.4. The van der Waals surface area contributed by atoms with E-state index in [0.29, 0.717) is 36.8 Å². The van der Waals surface area contributed by atoms with Crippen LogP contribution in [0.3, 0.4) is 0 Å². The smallest absolute Gasteiger partial charge is 0.243 e. The van der Waals surface area contributed by atoms with Crippen LogP contribution in [0, 0.1) is 13.8 Å². The molecule has 0 unspecified atom stereocenters. The molecule has 0 atom stereocenters. The molecule has 1 aromatic carbocycles. The number of benzene rings is 1. The van der Waals surface area contributed by atoms with E-state index in [1.165, 1.54) is 0 Å². The van der Waals surface area contributed by atoms with Gasteiger partial charge < -0.3 is 19.4 Å². The standard InChI is InChI=1S/C22H32N6O3S/c1-17-18(2)20(6-5-19(17)31-4)32(29,30)28-15-13-27(14-16-28)22-8-7-21(23-24-22)26-11-9-25(3)10-12-26/h5-8H,9-16H2,1-4H3. The summed E-state index contributed by atoms with van der Waals surface area (Å²) in [5.41, 5.74) is 1.58. The van der Waals surface area contributed by atoms with Crippen molar-refractivity contribution in [3.05, 3.63) is 35.4 Å². The Kier molecular flexibility index (Phi) is 6.55. The lowest BCUT2D eigenvalue weighted by Crippen LogP contribution is -2.49. The van der Waals surface area contributed by atoms with Gasteiger partial charge in [0.1, 0.15) is 5.75 Å². The van der Waals surface area contributed by atoms with Crippen molar-refractivity contribution in [3.63, 3.8) is 0 Å². The fourth-order valence-corrected chi connectivity index (χ4v) is 5.96. The van der Waals surface area contributed by atoms with Crippen LogP contribution < -0.4 is 14.5 Å². The largest absolute Gasteiger partial charge is 0.496 e. The normalized spacial score (nSPS) is 18.8. The number of rotatable bonds is 5. The fourth-order valence-electron chi connectivity index (χ4n) is 4.26. The lowest BCUT2D eigenvalue weighted by molar-refractivity contribution is 0.312. The number of likely N-dealkylation sites (N-methyl/N-ethyl adjacent to an activating group) is 1. The Bertz CT molecular complexity index is 1040. The second kappa shape index (κ2) is 9.21. The van der Waals surface area contributed by atoms with Gasteiger partial charge in [-0.2, -0.15) is 4.31 Å². The van der Waals surface area contributed by atoms with Crippen LogP contribution in [0.2, 0.25) is 0 Å². The molecular weight excluding hydrogens is 428 g/mol. The van der Waals surface area contributed by atoms with Crippen LogP contribution >= 0.6 is 0 Å². The van der Waals surface area contributed by atoms with E-state index >= 15 is 0 Å². The Morgan fingerprint density at radius 1 is 0.781 bits per heavy atom. The maximum Gasteiger partial charge on any atom is 0.243 e. The third-order valence-corrected chi connectivity index (χ3v) is 8.59. The van der Waals surface area contributed by atoms with Crippen molar-refractivity contribution in [2.45, 2.75) is 18.7 Å². The average molecular weight is 461 g/mol. The molecule has 4 rings (SSSR count). The Hall–Kier alpha value is -2.43. The zero-order valence-corrected chi connectivity index (χ0v) is 20.1. The van der Waals surface area contributed by atoms with Crippen LogP contribution in [0.4, 0.5) is 11.6 Å². The molecule has 0 saturated carbocycles. The van der Waals surface area contributed by atoms with Gasteiger partial charge in [-0.05, 0) is 56.3 Å². The monoisotopic (exact) mass is 460 g/mol. The molecule has 0 N–H and O–H groups in total. The predicted octanol–water partition coefficient (Wildman–Crippen LogP) is 1.36. The number of aromatic nitrogens is 2. The summed E-state index contributed by atoms with van der Waals surface area (Å²) in [6.07, 6.45) is 0. The number of piperazine rings is 2. The molecule has 0 aliphatic carbocycles. The minimum atomic E-state index is -3.57. The summed E-state index contributed by atoms with van der Waals surface area (Å²) >= 11 is 0. The molecule has 0 radical (unpaired) electrons. The van der Waals surface area contributed by atoms with Gasteiger partial charge in [-0.3, -0.25) is 0 Å². The van der Waals surface area contributed by atoms with Gasteiger partial charge in [0.05, 0.1) is 12.0 Å². The summed E-state index contributed by atoms with van der Waals surface area (Å²) in [4.78, 5) is 7.00. The van der Waals surface area contributed by atoms with Crippen molar-refractivity contribution in [2.24, 2.45) is 0 Å². The molecule has 9 nitrogen and oxygen atoms in total. The molecule has 0 spiro atoms. The zero-order valence-electron chi connectivity index (χ0n) is 19.3. The molecule has 32 heavy (non-hydrogen) atoms. The van der Waals surface area contributed by atoms with Crippen LogP contribution in [0.25, 0.3) is 0 Å². The third-order valence-electron chi connectivity index (χ3n) is 6.55. The highest BCUT2D eigenvalue weighted by atomic mass is 32.2. The van der Waals surface area contributed by atoms with Gasteiger partial charge in [-0.25, -0.2) is 8.42 Å². The number of hydrogen-bond donors (Lipinski definition) is 0. The van der Waals surface area contributed by atoms with E-state index in [1.807, 2.05) is 26.0 Å². The van der Waals surface area contributed by atoms with Crippen molar-refractivity contribution >= 4 is 21.7 Å². The number of sulfonamides is 1. The number of hydrogen-bond acceptors (Lipinski definition) is 8. The number of methoxy groups -OCH3 is 1. The second-order valence-electron chi connectivity index (χ2n) is 8.45. The average Bonchev–Trinajstić information content (AvgIpc) is 2.81. The first-order valence-electron chi connectivity index (χ1n) is 11.0. The molecule has 0 bridgehead atoms. The summed E-state index contributed by atoms with van der Waals surface area (Å²) in [6.45, 7) is 9.64. The minimum absolute atomic E-state index is 0.348. The van der Waals surface area contributed by atoms with Crippen molar-refractivity contribution < 1.29 is 13.2 Å². The summed E-state index contributed by atoms with van der Waals surface area (Å²) in [7, 11) is 0.154. The molecule has 2 fully saturated rings. The van der Waals surface area contributed by atoms with Crippen molar-refractivity contribution in [1.82, 2.24) is 19.4 Å². The topological polar surface area (TPSA) is 82.1 Å².